The van der Waals surface area contributed by atoms with Gasteiger partial charge in [0.05, 0.1) is 13.7 Å². The number of rotatable bonds is 9. The van der Waals surface area contributed by atoms with Crippen molar-refractivity contribution in [1.29, 1.82) is 0 Å². The molecule has 1 aliphatic rings. The van der Waals surface area contributed by atoms with Crippen molar-refractivity contribution in [2.45, 2.75) is 38.0 Å². The Balaban J connectivity index is 2.08. The van der Waals surface area contributed by atoms with E-state index in [9.17, 15) is 14.4 Å². The number of esters is 2. The third kappa shape index (κ3) is 6.66. The number of carbonyl (C=O) groups is 3. The first-order valence-electron chi connectivity index (χ1n) is 8.92. The molecule has 1 N–H and O–H groups in total. The number of methoxy groups -OCH3 is 1. The normalized spacial score (nSPS) is 20.5. The van der Waals surface area contributed by atoms with Gasteiger partial charge in [0.25, 0.3) is 0 Å². The van der Waals surface area contributed by atoms with Gasteiger partial charge < -0.3 is 19.5 Å². The van der Waals surface area contributed by atoms with E-state index in [-0.39, 0.29) is 5.91 Å². The van der Waals surface area contributed by atoms with E-state index in [2.05, 4.69) is 10.1 Å². The molecule has 28 heavy (non-hydrogen) atoms. The molecule has 1 aliphatic heterocycles. The minimum absolute atomic E-state index is 0.315. The van der Waals surface area contributed by atoms with Gasteiger partial charge in [-0.1, -0.05) is 42.5 Å². The lowest BCUT2D eigenvalue weighted by Gasteiger charge is -2.22. The Kier molecular flexibility index (Phi) is 7.52. The van der Waals surface area contributed by atoms with Crippen LogP contribution >= 0.6 is 0 Å². The van der Waals surface area contributed by atoms with Crippen molar-refractivity contribution in [2.75, 3.05) is 13.7 Å². The van der Waals surface area contributed by atoms with E-state index in [1.54, 1.807) is 12.2 Å². The van der Waals surface area contributed by atoms with Gasteiger partial charge in [-0.2, -0.15) is 0 Å². The second-order valence-corrected chi connectivity index (χ2v) is 6.67. The number of hydrogen-bond donors (Lipinski definition) is 1. The lowest BCUT2D eigenvalue weighted by atomic mass is 10.0. The van der Waals surface area contributed by atoms with Crippen molar-refractivity contribution in [3.05, 3.63) is 60.2 Å². The highest BCUT2D eigenvalue weighted by Gasteiger charge is 2.48. The minimum Gasteiger partial charge on any atom is -0.466 e. The molecule has 7 heteroatoms. The summed E-state index contributed by atoms with van der Waals surface area (Å²) in [6, 6.07) is 8.55. The Bertz CT molecular complexity index is 751. The van der Waals surface area contributed by atoms with E-state index >= 15 is 0 Å². The SMILES string of the molecule is COC(=O)/C=C/C=C/[C@@H](OC(=O)[C@H](Cc1ccccc1)NC(C)=O)[C@@]1(C)CO1. The fourth-order valence-corrected chi connectivity index (χ4v) is 2.51. The molecule has 0 spiro atoms. The fraction of sp³-hybridized carbons (Fsp3) is 0.381. The second-order valence-electron chi connectivity index (χ2n) is 6.67. The molecule has 1 aromatic carbocycles. The molecule has 0 bridgehead atoms. The number of ether oxygens (including phenoxy) is 3. The summed E-state index contributed by atoms with van der Waals surface area (Å²) in [5.74, 6) is -1.36. The number of hydrogen-bond acceptors (Lipinski definition) is 6. The highest BCUT2D eigenvalue weighted by molar-refractivity contribution is 5.84. The summed E-state index contributed by atoms with van der Waals surface area (Å²) in [5, 5.41) is 2.64. The van der Waals surface area contributed by atoms with Crippen LogP contribution < -0.4 is 5.32 Å². The Morgan fingerprint density at radius 1 is 1.25 bits per heavy atom. The summed E-state index contributed by atoms with van der Waals surface area (Å²) in [5.41, 5.74) is 0.277. The molecular weight excluding hydrogens is 362 g/mol. The van der Waals surface area contributed by atoms with Crippen molar-refractivity contribution in [3.8, 4) is 0 Å². The molecule has 1 fully saturated rings. The van der Waals surface area contributed by atoms with Gasteiger partial charge in [0.1, 0.15) is 11.6 Å². The summed E-state index contributed by atoms with van der Waals surface area (Å²) in [7, 11) is 1.29. The molecule has 1 aromatic rings. The van der Waals surface area contributed by atoms with Crippen LogP contribution in [0.1, 0.15) is 19.4 Å². The number of allylic oxidation sites excluding steroid dienone is 2. The summed E-state index contributed by atoms with van der Waals surface area (Å²) in [6.45, 7) is 3.62. The van der Waals surface area contributed by atoms with E-state index in [4.69, 9.17) is 9.47 Å². The largest absolute Gasteiger partial charge is 0.466 e. The molecule has 1 amide bonds. The smallest absolute Gasteiger partial charge is 0.330 e. The maximum absolute atomic E-state index is 12.7. The first-order valence-corrected chi connectivity index (χ1v) is 8.92. The summed E-state index contributed by atoms with van der Waals surface area (Å²) in [6.07, 6.45) is 5.63. The van der Waals surface area contributed by atoms with Gasteiger partial charge >= 0.3 is 11.9 Å². The van der Waals surface area contributed by atoms with E-state index in [1.807, 2.05) is 37.3 Å². The Morgan fingerprint density at radius 3 is 2.50 bits per heavy atom. The van der Waals surface area contributed by atoms with Crippen LogP contribution in [0.5, 0.6) is 0 Å². The average molecular weight is 387 g/mol. The van der Waals surface area contributed by atoms with Crippen LogP contribution in [0, 0.1) is 0 Å². The average Bonchev–Trinajstić information content (AvgIpc) is 3.42. The van der Waals surface area contributed by atoms with Crippen LogP contribution in [0.3, 0.4) is 0 Å². The van der Waals surface area contributed by atoms with Crippen molar-refractivity contribution in [2.24, 2.45) is 0 Å². The quantitative estimate of drug-likeness (QED) is 0.300. The Labute approximate surface area is 164 Å². The number of carbonyl (C=O) groups excluding carboxylic acids is 3. The molecule has 7 nitrogen and oxygen atoms in total. The zero-order valence-corrected chi connectivity index (χ0v) is 16.2. The molecule has 0 radical (unpaired) electrons. The van der Waals surface area contributed by atoms with E-state index in [0.29, 0.717) is 13.0 Å². The second kappa shape index (κ2) is 9.85. The van der Waals surface area contributed by atoms with Gasteiger partial charge in [-0.25, -0.2) is 9.59 Å². The molecule has 0 unspecified atom stereocenters. The molecule has 3 atom stereocenters. The van der Waals surface area contributed by atoms with Crippen LogP contribution in [0.15, 0.2) is 54.6 Å². The van der Waals surface area contributed by atoms with Gasteiger partial charge in [-0.3, -0.25) is 4.79 Å². The standard InChI is InChI=1S/C21H25NO6/c1-15(23)22-17(13-16-9-5-4-6-10-16)20(25)28-18(21(2)14-27-21)11-7-8-12-19(24)26-3/h4-12,17-18H,13-14H2,1-3H3,(H,22,23)/b11-7+,12-8+/t17-,18+,21+/m0/s1. The number of nitrogens with one attached hydrogen (secondary N) is 1. The zero-order chi connectivity index (χ0) is 20.6. The Morgan fingerprint density at radius 2 is 1.93 bits per heavy atom. The van der Waals surface area contributed by atoms with Crippen LogP contribution in [0.25, 0.3) is 0 Å². The summed E-state index contributed by atoms with van der Waals surface area (Å²) >= 11 is 0. The number of amides is 1. The highest BCUT2D eigenvalue weighted by atomic mass is 16.6. The van der Waals surface area contributed by atoms with Crippen LogP contribution in [-0.2, 0) is 35.0 Å². The third-order valence-electron chi connectivity index (χ3n) is 4.22. The van der Waals surface area contributed by atoms with E-state index < -0.39 is 29.7 Å². The summed E-state index contributed by atoms with van der Waals surface area (Å²) < 4.78 is 15.6. The van der Waals surface area contributed by atoms with Crippen LogP contribution in [0.4, 0.5) is 0 Å². The van der Waals surface area contributed by atoms with Crippen molar-refractivity contribution < 1.29 is 28.6 Å². The highest BCUT2D eigenvalue weighted by Crippen LogP contribution is 2.33. The van der Waals surface area contributed by atoms with Crippen molar-refractivity contribution >= 4 is 17.8 Å². The molecule has 150 valence electrons. The molecule has 0 aliphatic carbocycles. The van der Waals surface area contributed by atoms with Gasteiger partial charge in [-0.05, 0) is 18.6 Å². The van der Waals surface area contributed by atoms with Crippen molar-refractivity contribution in [1.82, 2.24) is 5.32 Å². The molecular formula is C21H25NO6. The predicted octanol–water partition coefficient (Wildman–Crippen LogP) is 1.72. The van der Waals surface area contributed by atoms with Crippen LogP contribution in [0.2, 0.25) is 0 Å². The lowest BCUT2D eigenvalue weighted by Crippen LogP contribution is -2.45. The Hall–Kier alpha value is -2.93. The van der Waals surface area contributed by atoms with Gasteiger partial charge in [0, 0.05) is 19.4 Å². The van der Waals surface area contributed by atoms with E-state index in [1.165, 1.54) is 26.2 Å². The number of epoxide rings is 1. The molecule has 2 rings (SSSR count). The number of benzene rings is 1. The summed E-state index contributed by atoms with van der Waals surface area (Å²) in [4.78, 5) is 35.4. The maximum atomic E-state index is 12.7. The van der Waals surface area contributed by atoms with Gasteiger partial charge in [0.15, 0.2) is 6.10 Å². The van der Waals surface area contributed by atoms with Gasteiger partial charge in [-0.15, -0.1) is 0 Å². The first-order chi connectivity index (χ1) is 13.3. The topological polar surface area (TPSA) is 94.2 Å². The molecule has 1 heterocycles. The molecule has 0 aromatic heterocycles. The molecule has 0 saturated carbocycles. The van der Waals surface area contributed by atoms with Crippen molar-refractivity contribution in [3.63, 3.8) is 0 Å². The van der Waals surface area contributed by atoms with Gasteiger partial charge in [0.2, 0.25) is 5.91 Å². The predicted molar refractivity (Wildman–Crippen MR) is 102 cm³/mol. The third-order valence-corrected chi connectivity index (χ3v) is 4.22. The lowest BCUT2D eigenvalue weighted by molar-refractivity contribution is -0.153. The van der Waals surface area contributed by atoms with Crippen LogP contribution in [-0.4, -0.2) is 49.3 Å². The zero-order valence-electron chi connectivity index (χ0n) is 16.2. The fourth-order valence-electron chi connectivity index (χ4n) is 2.51. The first kappa shape index (κ1) is 21.4. The minimum atomic E-state index is -0.816. The maximum Gasteiger partial charge on any atom is 0.330 e. The molecule has 1 saturated heterocycles. The van der Waals surface area contributed by atoms with E-state index in [0.717, 1.165) is 5.56 Å². The monoisotopic (exact) mass is 387 g/mol.